The van der Waals surface area contributed by atoms with Crippen molar-refractivity contribution in [1.82, 2.24) is 5.32 Å². The van der Waals surface area contributed by atoms with Crippen molar-refractivity contribution in [2.45, 2.75) is 45.1 Å². The lowest BCUT2D eigenvalue weighted by Gasteiger charge is -2.11. The molecule has 1 atom stereocenters. The van der Waals surface area contributed by atoms with Crippen molar-refractivity contribution < 1.29 is 9.53 Å². The van der Waals surface area contributed by atoms with Gasteiger partial charge in [-0.15, -0.1) is 0 Å². The summed E-state index contributed by atoms with van der Waals surface area (Å²) in [5.74, 6) is 0.775. The maximum Gasteiger partial charge on any atom is 0.236 e. The number of ether oxygens (including phenoxy) is 1. The van der Waals surface area contributed by atoms with Gasteiger partial charge in [0, 0.05) is 19.8 Å². The molecule has 3 N–H and O–H groups in total. The van der Waals surface area contributed by atoms with Gasteiger partial charge in [-0.2, -0.15) is 0 Å². The number of amides is 1. The van der Waals surface area contributed by atoms with Crippen LogP contribution in [0.1, 0.15) is 39.0 Å². The molecule has 4 nitrogen and oxygen atoms in total. The number of hydrogen-bond acceptors (Lipinski definition) is 3. The molecule has 94 valence electrons. The topological polar surface area (TPSA) is 64.4 Å². The van der Waals surface area contributed by atoms with E-state index >= 15 is 0 Å². The van der Waals surface area contributed by atoms with Crippen molar-refractivity contribution in [3.05, 3.63) is 0 Å². The van der Waals surface area contributed by atoms with Crippen LogP contribution in [0.3, 0.4) is 0 Å². The molecule has 0 saturated heterocycles. The zero-order chi connectivity index (χ0) is 11.8. The van der Waals surface area contributed by atoms with E-state index in [1.807, 2.05) is 6.92 Å². The highest BCUT2D eigenvalue weighted by Gasteiger charge is 2.20. The number of carbonyl (C=O) groups excluding carboxylic acids is 1. The average molecular weight is 228 g/mol. The third-order valence-electron chi connectivity index (χ3n) is 2.75. The molecule has 1 aliphatic rings. The molecular formula is C12H24N2O2. The summed E-state index contributed by atoms with van der Waals surface area (Å²) in [5.41, 5.74) is 5.67. The summed E-state index contributed by atoms with van der Waals surface area (Å²) in [6, 6.07) is -0.350. The third kappa shape index (κ3) is 6.08. The van der Waals surface area contributed by atoms with Crippen LogP contribution in [0.2, 0.25) is 0 Å². The Labute approximate surface area is 97.9 Å². The summed E-state index contributed by atoms with van der Waals surface area (Å²) in [6.07, 6.45) is 5.21. The Morgan fingerprint density at radius 2 is 2.31 bits per heavy atom. The first-order valence-corrected chi connectivity index (χ1v) is 6.35. The predicted octanol–water partition coefficient (Wildman–Crippen LogP) is 1.05. The molecule has 1 rings (SSSR count). The molecule has 4 heteroatoms. The number of rotatable bonds is 9. The van der Waals surface area contributed by atoms with Crippen molar-refractivity contribution >= 4 is 5.91 Å². The van der Waals surface area contributed by atoms with E-state index < -0.39 is 0 Å². The minimum atomic E-state index is -0.350. The lowest BCUT2D eigenvalue weighted by atomic mass is 10.2. The van der Waals surface area contributed by atoms with Gasteiger partial charge in [0.25, 0.3) is 0 Å². The first-order valence-electron chi connectivity index (χ1n) is 6.35. The van der Waals surface area contributed by atoms with E-state index in [9.17, 15) is 4.79 Å². The Morgan fingerprint density at radius 3 is 2.94 bits per heavy atom. The monoisotopic (exact) mass is 228 g/mol. The highest BCUT2D eigenvalue weighted by Crippen LogP contribution is 2.28. The smallest absolute Gasteiger partial charge is 0.236 e. The summed E-state index contributed by atoms with van der Waals surface area (Å²) < 4.78 is 5.46. The maximum atomic E-state index is 11.4. The van der Waals surface area contributed by atoms with Gasteiger partial charge in [-0.05, 0) is 31.6 Å². The van der Waals surface area contributed by atoms with Gasteiger partial charge >= 0.3 is 0 Å². The van der Waals surface area contributed by atoms with Gasteiger partial charge < -0.3 is 15.8 Å². The highest BCUT2D eigenvalue weighted by atomic mass is 16.5. The molecule has 1 amide bonds. The van der Waals surface area contributed by atoms with Gasteiger partial charge in [0.05, 0.1) is 6.04 Å². The Morgan fingerprint density at radius 1 is 1.56 bits per heavy atom. The summed E-state index contributed by atoms with van der Waals surface area (Å²) in [6.45, 7) is 4.32. The van der Waals surface area contributed by atoms with Gasteiger partial charge in [-0.1, -0.05) is 13.3 Å². The fourth-order valence-electron chi connectivity index (χ4n) is 1.49. The van der Waals surface area contributed by atoms with Gasteiger partial charge in [0.1, 0.15) is 0 Å². The number of nitrogens with two attached hydrogens (primary N) is 1. The van der Waals surface area contributed by atoms with E-state index in [1.54, 1.807) is 0 Å². The van der Waals surface area contributed by atoms with Gasteiger partial charge in [-0.25, -0.2) is 0 Å². The number of hydrogen-bond donors (Lipinski definition) is 2. The highest BCUT2D eigenvalue weighted by molar-refractivity contribution is 5.81. The third-order valence-corrected chi connectivity index (χ3v) is 2.75. The lowest BCUT2D eigenvalue weighted by molar-refractivity contribution is -0.122. The maximum absolute atomic E-state index is 11.4. The Kier molecular flexibility index (Phi) is 6.42. The van der Waals surface area contributed by atoms with Crippen molar-refractivity contribution in [3.63, 3.8) is 0 Å². The van der Waals surface area contributed by atoms with E-state index in [0.717, 1.165) is 38.4 Å². The van der Waals surface area contributed by atoms with Crippen LogP contribution in [0.4, 0.5) is 0 Å². The molecule has 0 radical (unpaired) electrons. The summed E-state index contributed by atoms with van der Waals surface area (Å²) in [7, 11) is 0. The summed E-state index contributed by atoms with van der Waals surface area (Å²) >= 11 is 0. The lowest BCUT2D eigenvalue weighted by Crippen LogP contribution is -2.40. The molecule has 16 heavy (non-hydrogen) atoms. The Balaban J connectivity index is 1.86. The molecule has 1 unspecified atom stereocenters. The van der Waals surface area contributed by atoms with Crippen molar-refractivity contribution in [1.29, 1.82) is 0 Å². The van der Waals surface area contributed by atoms with Crippen LogP contribution in [0, 0.1) is 5.92 Å². The van der Waals surface area contributed by atoms with Gasteiger partial charge in [0.2, 0.25) is 5.91 Å². The second kappa shape index (κ2) is 7.63. The van der Waals surface area contributed by atoms with Crippen molar-refractivity contribution in [2.24, 2.45) is 11.7 Å². The quantitative estimate of drug-likeness (QED) is 0.580. The van der Waals surface area contributed by atoms with Crippen LogP contribution in [-0.2, 0) is 9.53 Å². The molecule has 1 saturated carbocycles. The van der Waals surface area contributed by atoms with Crippen LogP contribution >= 0.6 is 0 Å². The van der Waals surface area contributed by atoms with E-state index in [1.165, 1.54) is 12.8 Å². The molecule has 0 aromatic rings. The predicted molar refractivity (Wildman–Crippen MR) is 64.1 cm³/mol. The largest absolute Gasteiger partial charge is 0.381 e. The van der Waals surface area contributed by atoms with Crippen molar-refractivity contribution in [2.75, 3.05) is 19.8 Å². The van der Waals surface area contributed by atoms with Crippen LogP contribution in [0.5, 0.6) is 0 Å². The van der Waals surface area contributed by atoms with E-state index in [-0.39, 0.29) is 11.9 Å². The normalized spacial score (nSPS) is 17.1. The van der Waals surface area contributed by atoms with E-state index in [2.05, 4.69) is 5.32 Å². The van der Waals surface area contributed by atoms with E-state index in [4.69, 9.17) is 10.5 Å². The first-order chi connectivity index (χ1) is 7.74. The fraction of sp³-hybridized carbons (Fsp3) is 0.917. The minimum absolute atomic E-state index is 0.0379. The molecule has 0 spiro atoms. The molecule has 1 fully saturated rings. The molecule has 1 aliphatic carbocycles. The summed E-state index contributed by atoms with van der Waals surface area (Å²) in [4.78, 5) is 11.4. The second-order valence-electron chi connectivity index (χ2n) is 4.56. The molecular weight excluding hydrogens is 204 g/mol. The SMILES string of the molecule is CCCC(N)C(=O)NCCCOCC1CC1. The molecule has 0 heterocycles. The standard InChI is InChI=1S/C12H24N2O2/c1-2-4-11(13)12(15)14-7-3-8-16-9-10-5-6-10/h10-11H,2-9,13H2,1H3,(H,14,15). The zero-order valence-corrected chi connectivity index (χ0v) is 10.2. The molecule has 0 aliphatic heterocycles. The van der Waals surface area contributed by atoms with Gasteiger partial charge in [-0.3, -0.25) is 4.79 Å². The van der Waals surface area contributed by atoms with Crippen LogP contribution < -0.4 is 11.1 Å². The Bertz CT molecular complexity index is 205. The molecule has 0 aromatic heterocycles. The Hall–Kier alpha value is -0.610. The fourth-order valence-corrected chi connectivity index (χ4v) is 1.49. The number of nitrogens with one attached hydrogen (secondary N) is 1. The van der Waals surface area contributed by atoms with Crippen LogP contribution in [-0.4, -0.2) is 31.7 Å². The number of carbonyl (C=O) groups is 1. The van der Waals surface area contributed by atoms with Crippen LogP contribution in [0.15, 0.2) is 0 Å². The zero-order valence-electron chi connectivity index (χ0n) is 10.2. The van der Waals surface area contributed by atoms with E-state index in [0.29, 0.717) is 6.54 Å². The molecule has 0 aromatic carbocycles. The van der Waals surface area contributed by atoms with Crippen LogP contribution in [0.25, 0.3) is 0 Å². The minimum Gasteiger partial charge on any atom is -0.381 e. The van der Waals surface area contributed by atoms with Crippen molar-refractivity contribution in [3.8, 4) is 0 Å². The second-order valence-corrected chi connectivity index (χ2v) is 4.56. The molecule has 0 bridgehead atoms. The summed E-state index contributed by atoms with van der Waals surface area (Å²) in [5, 5.41) is 2.83. The average Bonchev–Trinajstić information content (AvgIpc) is 3.07. The van der Waals surface area contributed by atoms with Gasteiger partial charge in [0.15, 0.2) is 0 Å². The first kappa shape index (κ1) is 13.5.